The number of aryl methyl sites for hydroxylation is 1. The molecule has 3 aromatic rings. The standard InChI is InChI=1S/C22H29N5O/c1-23-22(24-13-18-10-11-26(2)15-18)25-14-19-7-4-5-8-20(19)16-27(3)17-21-9-6-12-28-21/h4-12,15H,13-14,16-17H2,1-3H3,(H2,23,24,25). The van der Waals surface area contributed by atoms with E-state index in [2.05, 4.69) is 64.1 Å². The van der Waals surface area contributed by atoms with Crippen molar-refractivity contribution >= 4 is 5.96 Å². The molecule has 28 heavy (non-hydrogen) atoms. The number of benzene rings is 1. The number of hydrogen-bond acceptors (Lipinski definition) is 3. The van der Waals surface area contributed by atoms with Crippen molar-refractivity contribution in [2.45, 2.75) is 26.2 Å². The first-order valence-corrected chi connectivity index (χ1v) is 9.47. The van der Waals surface area contributed by atoms with Crippen LogP contribution in [0.1, 0.15) is 22.5 Å². The molecule has 0 unspecified atom stereocenters. The Bertz CT molecular complexity index is 882. The summed E-state index contributed by atoms with van der Waals surface area (Å²) in [6, 6.07) is 14.5. The molecule has 6 nitrogen and oxygen atoms in total. The van der Waals surface area contributed by atoms with Gasteiger partial charge in [0.05, 0.1) is 12.8 Å². The lowest BCUT2D eigenvalue weighted by atomic mass is 10.1. The van der Waals surface area contributed by atoms with Crippen LogP contribution in [0.25, 0.3) is 0 Å². The van der Waals surface area contributed by atoms with Gasteiger partial charge in [-0.2, -0.15) is 0 Å². The van der Waals surface area contributed by atoms with Gasteiger partial charge in [-0.25, -0.2) is 0 Å². The van der Waals surface area contributed by atoms with Gasteiger partial charge in [-0.1, -0.05) is 24.3 Å². The first-order valence-electron chi connectivity index (χ1n) is 9.47. The lowest BCUT2D eigenvalue weighted by Gasteiger charge is -2.19. The van der Waals surface area contributed by atoms with Crippen molar-refractivity contribution in [2.75, 3.05) is 14.1 Å². The third-order valence-corrected chi connectivity index (χ3v) is 4.59. The molecule has 0 bridgehead atoms. The van der Waals surface area contributed by atoms with Gasteiger partial charge in [-0.15, -0.1) is 0 Å². The van der Waals surface area contributed by atoms with Crippen molar-refractivity contribution in [1.82, 2.24) is 20.1 Å². The monoisotopic (exact) mass is 379 g/mol. The van der Waals surface area contributed by atoms with Crippen molar-refractivity contribution in [2.24, 2.45) is 12.0 Å². The molecule has 0 radical (unpaired) electrons. The molecule has 148 valence electrons. The summed E-state index contributed by atoms with van der Waals surface area (Å²) in [5.41, 5.74) is 3.78. The van der Waals surface area contributed by atoms with Crippen LogP contribution in [0, 0.1) is 0 Å². The molecule has 1 aromatic carbocycles. The number of hydrogen-bond donors (Lipinski definition) is 2. The van der Waals surface area contributed by atoms with Crippen molar-refractivity contribution in [3.05, 3.63) is 83.6 Å². The summed E-state index contributed by atoms with van der Waals surface area (Å²) in [6.07, 6.45) is 5.86. The lowest BCUT2D eigenvalue weighted by Crippen LogP contribution is -2.36. The lowest BCUT2D eigenvalue weighted by molar-refractivity contribution is 0.287. The summed E-state index contributed by atoms with van der Waals surface area (Å²) in [5, 5.41) is 6.78. The Balaban J connectivity index is 1.54. The quantitative estimate of drug-likeness (QED) is 0.466. The number of furan rings is 1. The van der Waals surface area contributed by atoms with Crippen LogP contribution >= 0.6 is 0 Å². The van der Waals surface area contributed by atoms with E-state index in [1.807, 2.05) is 29.9 Å². The van der Waals surface area contributed by atoms with E-state index >= 15 is 0 Å². The molecule has 2 heterocycles. The Hall–Kier alpha value is -2.99. The minimum absolute atomic E-state index is 0.721. The van der Waals surface area contributed by atoms with Gasteiger partial charge in [0, 0.05) is 46.1 Å². The molecule has 0 aliphatic heterocycles. The summed E-state index contributed by atoms with van der Waals surface area (Å²) in [7, 11) is 5.92. The van der Waals surface area contributed by atoms with Crippen LogP contribution in [0.3, 0.4) is 0 Å². The number of aliphatic imine (C=N–C) groups is 1. The number of aromatic nitrogens is 1. The minimum atomic E-state index is 0.721. The number of nitrogens with zero attached hydrogens (tertiary/aromatic N) is 3. The van der Waals surface area contributed by atoms with Crippen LogP contribution in [0.15, 0.2) is 70.5 Å². The van der Waals surface area contributed by atoms with E-state index in [1.54, 1.807) is 13.3 Å². The highest BCUT2D eigenvalue weighted by Gasteiger charge is 2.08. The van der Waals surface area contributed by atoms with Gasteiger partial charge in [-0.05, 0) is 41.9 Å². The van der Waals surface area contributed by atoms with Gasteiger partial charge >= 0.3 is 0 Å². The largest absolute Gasteiger partial charge is 0.468 e. The fourth-order valence-corrected chi connectivity index (χ4v) is 3.15. The van der Waals surface area contributed by atoms with E-state index in [9.17, 15) is 0 Å². The second kappa shape index (κ2) is 9.80. The molecular weight excluding hydrogens is 350 g/mol. The van der Waals surface area contributed by atoms with Crippen LogP contribution in [-0.2, 0) is 33.2 Å². The SMILES string of the molecule is CN=C(NCc1ccn(C)c1)NCc1ccccc1CN(C)Cc1ccco1. The zero-order valence-corrected chi connectivity index (χ0v) is 16.9. The molecule has 0 atom stereocenters. The topological polar surface area (TPSA) is 57.7 Å². The number of rotatable bonds is 8. The summed E-state index contributed by atoms with van der Waals surface area (Å²) >= 11 is 0. The second-order valence-electron chi connectivity index (χ2n) is 6.98. The molecule has 6 heteroatoms. The summed E-state index contributed by atoms with van der Waals surface area (Å²) in [5.74, 6) is 1.77. The van der Waals surface area contributed by atoms with Gasteiger partial charge in [0.2, 0.25) is 0 Å². The number of guanidine groups is 1. The highest BCUT2D eigenvalue weighted by molar-refractivity contribution is 5.79. The highest BCUT2D eigenvalue weighted by Crippen LogP contribution is 2.13. The molecule has 0 aliphatic rings. The highest BCUT2D eigenvalue weighted by atomic mass is 16.3. The first-order chi connectivity index (χ1) is 13.6. The smallest absolute Gasteiger partial charge is 0.191 e. The zero-order chi connectivity index (χ0) is 19.8. The Morgan fingerprint density at radius 1 is 1.04 bits per heavy atom. The molecule has 2 N–H and O–H groups in total. The first kappa shape index (κ1) is 19.8. The molecule has 0 saturated heterocycles. The summed E-state index contributed by atoms with van der Waals surface area (Å²) in [4.78, 5) is 6.58. The minimum Gasteiger partial charge on any atom is -0.468 e. The Morgan fingerprint density at radius 3 is 2.50 bits per heavy atom. The summed E-state index contributed by atoms with van der Waals surface area (Å²) in [6.45, 7) is 3.11. The average Bonchev–Trinajstić information content (AvgIpc) is 3.34. The van der Waals surface area contributed by atoms with Gasteiger partial charge < -0.3 is 19.6 Å². The Morgan fingerprint density at radius 2 is 1.82 bits per heavy atom. The van der Waals surface area contributed by atoms with Crippen molar-refractivity contribution in [1.29, 1.82) is 0 Å². The molecular formula is C22H29N5O. The normalized spacial score (nSPS) is 11.8. The third-order valence-electron chi connectivity index (χ3n) is 4.59. The van der Waals surface area contributed by atoms with Crippen molar-refractivity contribution in [3.63, 3.8) is 0 Å². The van der Waals surface area contributed by atoms with Gasteiger partial charge in [0.15, 0.2) is 5.96 Å². The second-order valence-corrected chi connectivity index (χ2v) is 6.98. The Labute approximate surface area is 166 Å². The predicted molar refractivity (Wildman–Crippen MR) is 113 cm³/mol. The fraction of sp³-hybridized carbons (Fsp3) is 0.318. The van der Waals surface area contributed by atoms with Crippen LogP contribution < -0.4 is 10.6 Å². The molecule has 3 rings (SSSR count). The predicted octanol–water partition coefficient (Wildman–Crippen LogP) is 3.12. The molecule has 0 saturated carbocycles. The van der Waals surface area contributed by atoms with Crippen LogP contribution in [0.2, 0.25) is 0 Å². The molecule has 0 fully saturated rings. The molecule has 2 aromatic heterocycles. The number of nitrogens with one attached hydrogen (secondary N) is 2. The van der Waals surface area contributed by atoms with E-state index < -0.39 is 0 Å². The third kappa shape index (κ3) is 5.76. The molecule has 0 spiro atoms. The van der Waals surface area contributed by atoms with Gasteiger partial charge in [0.1, 0.15) is 5.76 Å². The van der Waals surface area contributed by atoms with E-state index in [0.717, 1.165) is 37.9 Å². The van der Waals surface area contributed by atoms with Gasteiger partial charge in [0.25, 0.3) is 0 Å². The zero-order valence-electron chi connectivity index (χ0n) is 16.9. The van der Waals surface area contributed by atoms with Crippen molar-refractivity contribution < 1.29 is 4.42 Å². The van der Waals surface area contributed by atoms with Gasteiger partial charge in [-0.3, -0.25) is 9.89 Å². The fourth-order valence-electron chi connectivity index (χ4n) is 3.15. The summed E-state index contributed by atoms with van der Waals surface area (Å²) < 4.78 is 7.50. The maximum atomic E-state index is 5.45. The van der Waals surface area contributed by atoms with E-state index in [-0.39, 0.29) is 0 Å². The van der Waals surface area contributed by atoms with E-state index in [4.69, 9.17) is 4.42 Å². The maximum Gasteiger partial charge on any atom is 0.191 e. The maximum absolute atomic E-state index is 5.45. The van der Waals surface area contributed by atoms with Crippen LogP contribution in [0.4, 0.5) is 0 Å². The van der Waals surface area contributed by atoms with E-state index in [0.29, 0.717) is 0 Å². The molecule has 0 amide bonds. The van der Waals surface area contributed by atoms with E-state index in [1.165, 1.54) is 16.7 Å². The van der Waals surface area contributed by atoms with Crippen LogP contribution in [-0.4, -0.2) is 29.5 Å². The van der Waals surface area contributed by atoms with Crippen molar-refractivity contribution in [3.8, 4) is 0 Å². The average molecular weight is 380 g/mol. The Kier molecular flexibility index (Phi) is 6.92. The van der Waals surface area contributed by atoms with Crippen LogP contribution in [0.5, 0.6) is 0 Å². The molecule has 0 aliphatic carbocycles.